The minimum atomic E-state index is -0.684. The molecule has 8 nitrogen and oxygen atoms in total. The molecule has 0 aliphatic rings. The van der Waals surface area contributed by atoms with Gasteiger partial charge in [-0.3, -0.25) is 23.5 Å². The lowest BCUT2D eigenvalue weighted by Crippen LogP contribution is -2.26. The van der Waals surface area contributed by atoms with Crippen molar-refractivity contribution < 1.29 is 14.3 Å². The van der Waals surface area contributed by atoms with Gasteiger partial charge in [0.2, 0.25) is 5.78 Å². The van der Waals surface area contributed by atoms with Crippen LogP contribution in [0.5, 0.6) is 0 Å². The van der Waals surface area contributed by atoms with Crippen LogP contribution in [0.1, 0.15) is 21.7 Å². The van der Waals surface area contributed by atoms with Crippen molar-refractivity contribution in [3.63, 3.8) is 0 Å². The van der Waals surface area contributed by atoms with Gasteiger partial charge in [0.25, 0.3) is 5.56 Å². The fraction of sp³-hybridized carbons (Fsp3) is 0.190. The molecule has 152 valence electrons. The molecule has 9 heteroatoms. The van der Waals surface area contributed by atoms with E-state index in [4.69, 9.17) is 4.74 Å². The molecule has 0 saturated carbocycles. The lowest BCUT2D eigenvalue weighted by atomic mass is 10.1. The van der Waals surface area contributed by atoms with Gasteiger partial charge in [-0.1, -0.05) is 12.1 Å². The molecule has 4 aromatic rings. The predicted octanol–water partition coefficient (Wildman–Crippen LogP) is 2.69. The molecule has 0 saturated heterocycles. The van der Waals surface area contributed by atoms with Crippen LogP contribution >= 0.6 is 11.3 Å². The number of benzene rings is 1. The Labute approximate surface area is 175 Å². The first-order valence-electron chi connectivity index (χ1n) is 9.17. The Bertz CT molecular complexity index is 1300. The summed E-state index contributed by atoms with van der Waals surface area (Å²) in [5.41, 5.74) is 2.29. The van der Waals surface area contributed by atoms with Crippen molar-refractivity contribution in [2.75, 3.05) is 6.61 Å². The number of fused-ring (bicyclic) bond motifs is 1. The van der Waals surface area contributed by atoms with Gasteiger partial charge in [0.05, 0.1) is 17.2 Å². The summed E-state index contributed by atoms with van der Waals surface area (Å²) >= 11 is 1.47. The monoisotopic (exact) mass is 422 g/mol. The fourth-order valence-electron chi connectivity index (χ4n) is 3.29. The number of ether oxygens (including phenoxy) is 1. The molecule has 30 heavy (non-hydrogen) atoms. The van der Waals surface area contributed by atoms with E-state index in [-0.39, 0.29) is 17.9 Å². The van der Waals surface area contributed by atoms with E-state index in [9.17, 15) is 14.4 Å². The van der Waals surface area contributed by atoms with Crippen LogP contribution in [0.15, 0.2) is 53.0 Å². The van der Waals surface area contributed by atoms with Crippen molar-refractivity contribution >= 4 is 34.0 Å². The number of aryl methyl sites for hydroxylation is 1. The highest BCUT2D eigenvalue weighted by atomic mass is 32.1. The average molecular weight is 422 g/mol. The van der Waals surface area contributed by atoms with Gasteiger partial charge in [-0.25, -0.2) is 9.97 Å². The molecule has 0 aliphatic carbocycles. The summed E-state index contributed by atoms with van der Waals surface area (Å²) in [6.45, 7) is 2.99. The fourth-order valence-corrected chi connectivity index (χ4v) is 4.04. The van der Waals surface area contributed by atoms with Crippen LogP contribution in [0.2, 0.25) is 0 Å². The molecular weight excluding hydrogens is 404 g/mol. The van der Waals surface area contributed by atoms with Crippen LogP contribution in [0.25, 0.3) is 16.0 Å². The van der Waals surface area contributed by atoms with Gasteiger partial charge in [-0.15, -0.1) is 11.3 Å². The Balaban J connectivity index is 1.45. The molecule has 3 aromatic heterocycles. The Morgan fingerprint density at radius 1 is 1.17 bits per heavy atom. The lowest BCUT2D eigenvalue weighted by molar-refractivity contribution is -0.143. The molecule has 1 aromatic carbocycles. The Morgan fingerprint density at radius 3 is 2.73 bits per heavy atom. The first-order chi connectivity index (χ1) is 14.5. The number of ketones is 1. The van der Waals surface area contributed by atoms with Gasteiger partial charge < -0.3 is 4.74 Å². The van der Waals surface area contributed by atoms with Crippen LogP contribution in [-0.2, 0) is 16.1 Å². The zero-order valence-corrected chi connectivity index (χ0v) is 17.2. The number of aromatic nitrogens is 4. The summed E-state index contributed by atoms with van der Waals surface area (Å²) < 4.78 is 8.18. The normalized spacial score (nSPS) is 11.0. The number of carbonyl (C=O) groups is 2. The number of para-hydroxylation sites is 1. The molecule has 0 amide bonds. The van der Waals surface area contributed by atoms with Gasteiger partial charge >= 0.3 is 5.97 Å². The van der Waals surface area contributed by atoms with E-state index in [0.29, 0.717) is 16.5 Å². The third-order valence-electron chi connectivity index (χ3n) is 4.74. The lowest BCUT2D eigenvalue weighted by Gasteiger charge is -2.08. The summed E-state index contributed by atoms with van der Waals surface area (Å²) in [5.74, 6) is -1.00. The third-order valence-corrected chi connectivity index (χ3v) is 5.49. The summed E-state index contributed by atoms with van der Waals surface area (Å²) in [5, 5.41) is 3.05. The highest BCUT2D eigenvalue weighted by Gasteiger charge is 2.19. The molecule has 0 unspecified atom stereocenters. The second-order valence-electron chi connectivity index (χ2n) is 6.71. The minimum Gasteiger partial charge on any atom is -0.456 e. The minimum absolute atomic E-state index is 0.316. The van der Waals surface area contributed by atoms with Crippen LogP contribution < -0.4 is 5.56 Å². The maximum Gasteiger partial charge on any atom is 0.326 e. The molecular formula is C21H18N4O4S. The van der Waals surface area contributed by atoms with E-state index < -0.39 is 12.6 Å². The molecule has 0 fully saturated rings. The zero-order chi connectivity index (χ0) is 21.3. The number of rotatable bonds is 6. The first kappa shape index (κ1) is 19.7. The molecule has 0 aliphatic heterocycles. The molecule has 4 rings (SSSR count). The standard InChI is InChI=1S/C21H18N4O4S/c1-13-9-16(14(2)25(13)21-22-7-8-30-21)18(26)11-29-19(27)10-24-12-23-17-6-4-3-5-15(17)20(24)28/h3-9,12H,10-11H2,1-2H3. The molecule has 0 radical (unpaired) electrons. The average Bonchev–Trinajstić information content (AvgIpc) is 3.36. The van der Waals surface area contributed by atoms with Crippen molar-refractivity contribution in [2.45, 2.75) is 20.4 Å². The zero-order valence-electron chi connectivity index (χ0n) is 16.4. The van der Waals surface area contributed by atoms with Crippen molar-refractivity contribution in [3.8, 4) is 5.13 Å². The SMILES string of the molecule is Cc1cc(C(=O)COC(=O)Cn2cnc3ccccc3c2=O)c(C)n1-c1nccs1. The number of hydrogen-bond acceptors (Lipinski definition) is 7. The van der Waals surface area contributed by atoms with Gasteiger partial charge in [0, 0.05) is 28.5 Å². The maximum atomic E-state index is 12.6. The second kappa shape index (κ2) is 8.03. The second-order valence-corrected chi connectivity index (χ2v) is 7.59. The van der Waals surface area contributed by atoms with Crippen molar-refractivity contribution in [1.29, 1.82) is 0 Å². The van der Waals surface area contributed by atoms with Crippen molar-refractivity contribution in [3.05, 3.63) is 75.5 Å². The van der Waals surface area contributed by atoms with Crippen molar-refractivity contribution in [1.82, 2.24) is 19.1 Å². The molecule has 0 N–H and O–H groups in total. The number of hydrogen-bond donors (Lipinski definition) is 0. The Kier molecular flexibility index (Phi) is 5.28. The van der Waals surface area contributed by atoms with Crippen LogP contribution in [0, 0.1) is 13.8 Å². The number of nitrogens with zero attached hydrogens (tertiary/aromatic N) is 4. The van der Waals surface area contributed by atoms with Crippen LogP contribution in [0.3, 0.4) is 0 Å². The van der Waals surface area contributed by atoms with Gasteiger partial charge in [-0.05, 0) is 32.0 Å². The smallest absolute Gasteiger partial charge is 0.326 e. The van der Waals surface area contributed by atoms with E-state index in [1.807, 2.05) is 23.8 Å². The summed E-state index contributed by atoms with van der Waals surface area (Å²) in [4.78, 5) is 45.7. The molecule has 0 atom stereocenters. The van der Waals surface area contributed by atoms with E-state index in [1.165, 1.54) is 22.2 Å². The third kappa shape index (κ3) is 3.67. The largest absolute Gasteiger partial charge is 0.456 e. The summed E-state index contributed by atoms with van der Waals surface area (Å²) in [7, 11) is 0. The topological polar surface area (TPSA) is 96.1 Å². The highest BCUT2D eigenvalue weighted by molar-refractivity contribution is 7.12. The number of Topliss-reactive ketones (excluding diaryl/α,β-unsaturated/α-hetero) is 1. The Morgan fingerprint density at radius 2 is 1.97 bits per heavy atom. The molecule has 0 bridgehead atoms. The molecule has 0 spiro atoms. The Hall–Kier alpha value is -3.59. The number of esters is 1. The van der Waals surface area contributed by atoms with E-state index in [2.05, 4.69) is 9.97 Å². The van der Waals surface area contributed by atoms with Gasteiger partial charge in [0.1, 0.15) is 6.54 Å². The summed E-state index contributed by atoms with van der Waals surface area (Å²) in [6.07, 6.45) is 3.00. The summed E-state index contributed by atoms with van der Waals surface area (Å²) in [6, 6.07) is 8.64. The van der Waals surface area contributed by atoms with Crippen LogP contribution in [-0.4, -0.2) is 37.5 Å². The quantitative estimate of drug-likeness (QED) is 0.350. The maximum absolute atomic E-state index is 12.6. The number of thiazole rings is 1. The van der Waals surface area contributed by atoms with E-state index in [1.54, 1.807) is 36.5 Å². The van der Waals surface area contributed by atoms with Crippen molar-refractivity contribution in [2.24, 2.45) is 0 Å². The number of carbonyl (C=O) groups excluding carboxylic acids is 2. The van der Waals surface area contributed by atoms with Gasteiger partial charge in [-0.2, -0.15) is 0 Å². The van der Waals surface area contributed by atoms with E-state index >= 15 is 0 Å². The van der Waals surface area contributed by atoms with Gasteiger partial charge in [0.15, 0.2) is 11.7 Å². The van der Waals surface area contributed by atoms with E-state index in [0.717, 1.165) is 16.5 Å². The highest BCUT2D eigenvalue weighted by Crippen LogP contribution is 2.22. The molecule has 3 heterocycles. The first-order valence-corrected chi connectivity index (χ1v) is 10.1. The van der Waals surface area contributed by atoms with Crippen LogP contribution in [0.4, 0.5) is 0 Å². The predicted molar refractivity (Wildman–Crippen MR) is 112 cm³/mol.